The third-order valence-electron chi connectivity index (χ3n) is 6.97. The minimum Gasteiger partial charge on any atom is -0.352 e. The van der Waals surface area contributed by atoms with Gasteiger partial charge in [0.05, 0.1) is 23.7 Å². The maximum absolute atomic E-state index is 9.50. The lowest BCUT2D eigenvalue weighted by Gasteiger charge is -2.35. The predicted octanol–water partition coefficient (Wildman–Crippen LogP) is 7.15. The highest BCUT2D eigenvalue weighted by molar-refractivity contribution is 5.01. The lowest BCUT2D eigenvalue weighted by Crippen LogP contribution is -2.31. The van der Waals surface area contributed by atoms with Crippen LogP contribution in [0.3, 0.4) is 0 Å². The summed E-state index contributed by atoms with van der Waals surface area (Å²) in [6.45, 7) is 4.91. The Morgan fingerprint density at radius 1 is 0.815 bits per heavy atom. The lowest BCUT2D eigenvalue weighted by atomic mass is 9.71. The molecular formula is C24H43NO2. The summed E-state index contributed by atoms with van der Waals surface area (Å²) in [5.74, 6) is 0.934. The fourth-order valence-electron chi connectivity index (χ4n) is 5.06. The molecule has 2 rings (SSSR count). The first-order chi connectivity index (χ1) is 13.2. The van der Waals surface area contributed by atoms with Crippen molar-refractivity contribution in [3.63, 3.8) is 0 Å². The topological polar surface area (TPSA) is 42.2 Å². The third-order valence-corrected chi connectivity index (χ3v) is 6.97. The monoisotopic (exact) mass is 377 g/mol. The van der Waals surface area contributed by atoms with E-state index in [-0.39, 0.29) is 5.41 Å². The average Bonchev–Trinajstić information content (AvgIpc) is 2.70. The van der Waals surface area contributed by atoms with Crippen molar-refractivity contribution in [2.75, 3.05) is 6.79 Å². The van der Waals surface area contributed by atoms with Crippen LogP contribution >= 0.6 is 0 Å². The number of nitriles is 1. The Balaban J connectivity index is 1.51. The summed E-state index contributed by atoms with van der Waals surface area (Å²) >= 11 is 0. The van der Waals surface area contributed by atoms with E-state index in [1.54, 1.807) is 0 Å². The first-order valence-electron chi connectivity index (χ1n) is 11.9. The number of nitrogens with zero attached hydrogens (tertiary/aromatic N) is 1. The predicted molar refractivity (Wildman–Crippen MR) is 111 cm³/mol. The van der Waals surface area contributed by atoms with Crippen molar-refractivity contribution in [3.8, 4) is 6.07 Å². The van der Waals surface area contributed by atoms with Crippen LogP contribution in [0.25, 0.3) is 0 Å². The summed E-state index contributed by atoms with van der Waals surface area (Å²) in [5.41, 5.74) is -0.0790. The van der Waals surface area contributed by atoms with Crippen molar-refractivity contribution in [1.29, 1.82) is 5.26 Å². The van der Waals surface area contributed by atoms with Crippen LogP contribution in [0.5, 0.6) is 0 Å². The van der Waals surface area contributed by atoms with Crippen LogP contribution < -0.4 is 0 Å². The molecule has 0 unspecified atom stereocenters. The second kappa shape index (κ2) is 12.8. The molecular weight excluding hydrogens is 334 g/mol. The van der Waals surface area contributed by atoms with Gasteiger partial charge in [0.1, 0.15) is 6.79 Å². The van der Waals surface area contributed by atoms with E-state index in [4.69, 9.17) is 9.47 Å². The van der Waals surface area contributed by atoms with E-state index in [9.17, 15) is 5.26 Å². The van der Waals surface area contributed by atoms with E-state index in [2.05, 4.69) is 19.9 Å². The molecule has 2 aliphatic carbocycles. The van der Waals surface area contributed by atoms with Gasteiger partial charge in [-0.15, -0.1) is 0 Å². The quantitative estimate of drug-likeness (QED) is 0.268. The highest BCUT2D eigenvalue weighted by atomic mass is 16.7. The number of unbranched alkanes of at least 4 members (excludes halogenated alkanes) is 4. The number of ether oxygens (including phenoxy) is 2. The highest BCUT2D eigenvalue weighted by Crippen LogP contribution is 2.40. The molecule has 0 radical (unpaired) electrons. The van der Waals surface area contributed by atoms with Gasteiger partial charge < -0.3 is 9.47 Å². The first-order valence-corrected chi connectivity index (χ1v) is 11.9. The minimum atomic E-state index is -0.0790. The highest BCUT2D eigenvalue weighted by Gasteiger charge is 2.35. The fourth-order valence-corrected chi connectivity index (χ4v) is 5.06. The second-order valence-electron chi connectivity index (χ2n) is 9.14. The molecule has 0 N–H and O–H groups in total. The molecule has 3 nitrogen and oxygen atoms in total. The Hall–Kier alpha value is -0.590. The van der Waals surface area contributed by atoms with Crippen LogP contribution in [0.15, 0.2) is 0 Å². The Kier molecular flexibility index (Phi) is 10.7. The van der Waals surface area contributed by atoms with Crippen molar-refractivity contribution in [3.05, 3.63) is 0 Å². The average molecular weight is 378 g/mol. The maximum Gasteiger partial charge on any atom is 0.147 e. The van der Waals surface area contributed by atoms with Crippen molar-refractivity contribution in [2.24, 2.45) is 11.3 Å². The van der Waals surface area contributed by atoms with Gasteiger partial charge in [0.2, 0.25) is 0 Å². The zero-order valence-electron chi connectivity index (χ0n) is 18.0. The molecule has 2 aliphatic rings. The van der Waals surface area contributed by atoms with Gasteiger partial charge in [-0.3, -0.25) is 0 Å². The van der Waals surface area contributed by atoms with Crippen LogP contribution in [0.2, 0.25) is 0 Å². The van der Waals surface area contributed by atoms with Gasteiger partial charge in [-0.2, -0.15) is 5.26 Å². The molecule has 0 aromatic heterocycles. The normalized spacial score (nSPS) is 31.5. The molecule has 0 aromatic carbocycles. The summed E-state index contributed by atoms with van der Waals surface area (Å²) in [5, 5.41) is 9.50. The molecule has 0 aromatic rings. The van der Waals surface area contributed by atoms with Gasteiger partial charge in [-0.25, -0.2) is 0 Å². The Morgan fingerprint density at radius 3 is 2.04 bits per heavy atom. The van der Waals surface area contributed by atoms with Crippen molar-refractivity contribution in [1.82, 2.24) is 0 Å². The Bertz CT molecular complexity index is 415. The molecule has 0 amide bonds. The largest absolute Gasteiger partial charge is 0.352 e. The number of rotatable bonds is 12. The zero-order valence-corrected chi connectivity index (χ0v) is 18.0. The zero-order chi connectivity index (χ0) is 19.4. The van der Waals surface area contributed by atoms with Crippen LogP contribution in [0, 0.1) is 22.7 Å². The van der Waals surface area contributed by atoms with E-state index in [1.165, 1.54) is 64.2 Å². The Labute approximate surface area is 168 Å². The van der Waals surface area contributed by atoms with E-state index in [0.29, 0.717) is 19.0 Å². The summed E-state index contributed by atoms with van der Waals surface area (Å²) in [4.78, 5) is 0. The molecule has 0 saturated heterocycles. The molecule has 27 heavy (non-hydrogen) atoms. The summed E-state index contributed by atoms with van der Waals surface area (Å²) in [6, 6.07) is 2.59. The van der Waals surface area contributed by atoms with Crippen LogP contribution in [-0.4, -0.2) is 19.0 Å². The molecule has 0 bridgehead atoms. The van der Waals surface area contributed by atoms with Gasteiger partial charge >= 0.3 is 0 Å². The maximum atomic E-state index is 9.50. The van der Waals surface area contributed by atoms with E-state index in [1.807, 2.05) is 0 Å². The van der Waals surface area contributed by atoms with Crippen molar-refractivity contribution >= 4 is 0 Å². The van der Waals surface area contributed by atoms with E-state index in [0.717, 1.165) is 44.4 Å². The van der Waals surface area contributed by atoms with Gasteiger partial charge in [-0.05, 0) is 63.7 Å². The lowest BCUT2D eigenvalue weighted by molar-refractivity contribution is -0.137. The van der Waals surface area contributed by atoms with Crippen LogP contribution in [-0.2, 0) is 9.47 Å². The van der Waals surface area contributed by atoms with Crippen molar-refractivity contribution in [2.45, 2.75) is 129 Å². The summed E-state index contributed by atoms with van der Waals surface area (Å²) in [7, 11) is 0. The summed E-state index contributed by atoms with van der Waals surface area (Å²) < 4.78 is 12.0. The molecule has 0 spiro atoms. The molecule has 0 aliphatic heterocycles. The third kappa shape index (κ3) is 8.12. The Morgan fingerprint density at radius 2 is 1.44 bits per heavy atom. The number of hydrogen-bond acceptors (Lipinski definition) is 3. The molecule has 2 saturated carbocycles. The summed E-state index contributed by atoms with van der Waals surface area (Å²) in [6.07, 6.45) is 20.4. The van der Waals surface area contributed by atoms with Gasteiger partial charge in [0.25, 0.3) is 0 Å². The molecule has 156 valence electrons. The van der Waals surface area contributed by atoms with Gasteiger partial charge in [-0.1, -0.05) is 58.8 Å². The van der Waals surface area contributed by atoms with E-state index >= 15 is 0 Å². The van der Waals surface area contributed by atoms with Crippen LogP contribution in [0.4, 0.5) is 0 Å². The van der Waals surface area contributed by atoms with Crippen molar-refractivity contribution < 1.29 is 9.47 Å². The fraction of sp³-hybridized carbons (Fsp3) is 0.958. The molecule has 0 atom stereocenters. The molecule has 0 heterocycles. The van der Waals surface area contributed by atoms with Crippen LogP contribution in [0.1, 0.15) is 117 Å². The SMILES string of the molecule is CCCCCCCC1CCC(OCOC2CCC(C#N)(CCC)CC2)CC1. The molecule has 2 fully saturated rings. The van der Waals surface area contributed by atoms with E-state index < -0.39 is 0 Å². The standard InChI is InChI=1S/C24H43NO2/c1-3-5-6-7-8-9-21-10-12-22(13-11-21)26-20-27-23-14-17-24(19-25,16-4-2)18-15-23/h21-23H,3-18,20H2,1-2H3. The minimum absolute atomic E-state index is 0.0790. The second-order valence-corrected chi connectivity index (χ2v) is 9.14. The first kappa shape index (κ1) is 22.7. The van der Waals surface area contributed by atoms with Gasteiger partial charge in [0, 0.05) is 0 Å². The number of hydrogen-bond donors (Lipinski definition) is 0. The smallest absolute Gasteiger partial charge is 0.147 e. The van der Waals surface area contributed by atoms with Gasteiger partial charge in [0.15, 0.2) is 0 Å². The molecule has 3 heteroatoms.